The highest BCUT2D eigenvalue weighted by Crippen LogP contribution is 2.24. The normalized spacial score (nSPS) is 12.1. The molecule has 0 amide bonds. The van der Waals surface area contributed by atoms with E-state index in [9.17, 15) is 14.0 Å². The highest BCUT2D eigenvalue weighted by molar-refractivity contribution is 6.31. The van der Waals surface area contributed by atoms with Gasteiger partial charge in [-0.3, -0.25) is 9.59 Å². The van der Waals surface area contributed by atoms with Crippen molar-refractivity contribution in [2.75, 3.05) is 0 Å². The number of nitriles is 1. The van der Waals surface area contributed by atoms with E-state index in [0.717, 1.165) is 0 Å². The van der Waals surface area contributed by atoms with Crippen LogP contribution in [0, 0.1) is 17.1 Å². The van der Waals surface area contributed by atoms with Crippen molar-refractivity contribution in [2.45, 2.75) is 25.7 Å². The maximum absolute atomic E-state index is 13.6. The van der Waals surface area contributed by atoms with Crippen LogP contribution in [0.2, 0.25) is 5.02 Å². The summed E-state index contributed by atoms with van der Waals surface area (Å²) in [5, 5.41) is 9.62. The lowest BCUT2D eigenvalue weighted by molar-refractivity contribution is 0.629. The predicted molar refractivity (Wildman–Crippen MR) is 103 cm³/mol. The topological polar surface area (TPSA) is 78.7 Å². The Hall–Kier alpha value is -2.91. The molecule has 1 aromatic carbocycles. The maximum atomic E-state index is 13.6. The summed E-state index contributed by atoms with van der Waals surface area (Å²) in [6.45, 7) is 1.90. The molecular weight excluding hydrogens is 369 g/mol. The monoisotopic (exact) mass is 385 g/mol. The quantitative estimate of drug-likeness (QED) is 0.744. The summed E-state index contributed by atoms with van der Waals surface area (Å²) in [5.74, 6) is -0.709. The van der Waals surface area contributed by atoms with Gasteiger partial charge >= 0.3 is 0 Å². The van der Waals surface area contributed by atoms with Crippen molar-refractivity contribution in [1.82, 2.24) is 9.55 Å². The number of H-pyrrole nitrogens is 1. The van der Waals surface area contributed by atoms with Crippen LogP contribution in [0.4, 0.5) is 4.39 Å². The molecule has 2 heterocycles. The van der Waals surface area contributed by atoms with Gasteiger partial charge < -0.3 is 9.55 Å². The lowest BCUT2D eigenvalue weighted by Crippen LogP contribution is -2.23. The fraction of sp³-hybridized carbons (Fsp3) is 0.250. The van der Waals surface area contributed by atoms with Crippen molar-refractivity contribution in [2.24, 2.45) is 7.05 Å². The van der Waals surface area contributed by atoms with Gasteiger partial charge in [-0.2, -0.15) is 5.26 Å². The molecule has 0 aliphatic rings. The zero-order valence-electron chi connectivity index (χ0n) is 14.8. The number of rotatable bonds is 4. The van der Waals surface area contributed by atoms with Crippen molar-refractivity contribution in [1.29, 1.82) is 5.26 Å². The smallest absolute Gasteiger partial charge is 0.254 e. The summed E-state index contributed by atoms with van der Waals surface area (Å²) >= 11 is 5.83. The molecule has 5 nitrogen and oxygen atoms in total. The fourth-order valence-electron chi connectivity index (χ4n) is 3.10. The third-order valence-electron chi connectivity index (χ3n) is 4.79. The minimum Gasteiger partial charge on any atom is -0.322 e. The first kappa shape index (κ1) is 18.9. The fourth-order valence-corrected chi connectivity index (χ4v) is 3.27. The van der Waals surface area contributed by atoms with Gasteiger partial charge in [0, 0.05) is 23.6 Å². The minimum absolute atomic E-state index is 0.00534. The molecule has 0 spiro atoms. The summed E-state index contributed by atoms with van der Waals surface area (Å²) in [6, 6.07) is 9.63. The van der Waals surface area contributed by atoms with E-state index in [1.165, 1.54) is 16.7 Å². The summed E-state index contributed by atoms with van der Waals surface area (Å²) < 4.78 is 14.9. The number of aryl methyl sites for hydroxylation is 1. The average Bonchev–Trinajstić information content (AvgIpc) is 2.63. The van der Waals surface area contributed by atoms with Gasteiger partial charge in [-0.1, -0.05) is 24.6 Å². The van der Waals surface area contributed by atoms with Crippen LogP contribution >= 0.6 is 11.6 Å². The summed E-state index contributed by atoms with van der Waals surface area (Å²) in [5.41, 5.74) is 1.33. The molecule has 0 saturated carbocycles. The Morgan fingerprint density at radius 1 is 1.30 bits per heavy atom. The third-order valence-corrected chi connectivity index (χ3v) is 5.08. The number of fused-ring (bicyclic) bond motifs is 1. The average molecular weight is 386 g/mol. The second kappa shape index (κ2) is 7.37. The molecular formula is C20H17ClFN3O2. The number of hydrogen-bond donors (Lipinski definition) is 1. The second-order valence-electron chi connectivity index (χ2n) is 6.57. The molecule has 3 rings (SSSR count). The first-order valence-corrected chi connectivity index (χ1v) is 8.80. The van der Waals surface area contributed by atoms with Gasteiger partial charge in [-0.15, -0.1) is 0 Å². The van der Waals surface area contributed by atoms with Crippen LogP contribution in [0.3, 0.4) is 0 Å². The molecule has 138 valence electrons. The molecule has 1 N–H and O–H groups in total. The highest BCUT2D eigenvalue weighted by Gasteiger charge is 2.14. The van der Waals surface area contributed by atoms with Gasteiger partial charge in [0.2, 0.25) is 0 Å². The molecule has 0 bridgehead atoms. The van der Waals surface area contributed by atoms with E-state index in [1.54, 1.807) is 25.2 Å². The maximum Gasteiger partial charge on any atom is 0.254 e. The van der Waals surface area contributed by atoms with E-state index in [1.807, 2.05) is 13.0 Å². The largest absolute Gasteiger partial charge is 0.322 e. The summed E-state index contributed by atoms with van der Waals surface area (Å²) in [7, 11) is 1.56. The highest BCUT2D eigenvalue weighted by atomic mass is 35.5. The number of halogens is 2. The van der Waals surface area contributed by atoms with E-state index in [2.05, 4.69) is 4.98 Å². The molecule has 27 heavy (non-hydrogen) atoms. The van der Waals surface area contributed by atoms with E-state index >= 15 is 0 Å². The number of hydrogen-bond acceptors (Lipinski definition) is 3. The SMILES string of the molecule is C[C@H](CCc1ccc(C#N)n(C)c1=O)c1cc2cc(Cl)c(F)cc2[nH]c1=O. The van der Waals surface area contributed by atoms with Gasteiger partial charge in [0.15, 0.2) is 0 Å². The lowest BCUT2D eigenvalue weighted by Gasteiger charge is -2.13. The zero-order valence-corrected chi connectivity index (χ0v) is 15.6. The number of aromatic nitrogens is 2. The van der Waals surface area contributed by atoms with Crippen LogP contribution in [0.25, 0.3) is 10.9 Å². The van der Waals surface area contributed by atoms with Gasteiger partial charge in [0.1, 0.15) is 17.6 Å². The molecule has 0 saturated heterocycles. The van der Waals surface area contributed by atoms with E-state index in [4.69, 9.17) is 16.9 Å². The molecule has 0 radical (unpaired) electrons. The van der Waals surface area contributed by atoms with E-state index in [0.29, 0.717) is 40.6 Å². The molecule has 0 unspecified atom stereocenters. The van der Waals surface area contributed by atoms with Crippen LogP contribution < -0.4 is 11.1 Å². The molecule has 2 aromatic heterocycles. The number of aromatic amines is 1. The van der Waals surface area contributed by atoms with Crippen molar-refractivity contribution in [3.63, 3.8) is 0 Å². The van der Waals surface area contributed by atoms with Crippen LogP contribution in [-0.2, 0) is 13.5 Å². The first-order valence-electron chi connectivity index (χ1n) is 8.42. The number of nitrogens with zero attached hydrogens (tertiary/aromatic N) is 2. The third kappa shape index (κ3) is 3.64. The Labute approximate surface area is 159 Å². The van der Waals surface area contributed by atoms with Crippen LogP contribution in [0.1, 0.15) is 36.1 Å². The van der Waals surface area contributed by atoms with Crippen LogP contribution in [-0.4, -0.2) is 9.55 Å². The number of benzene rings is 1. The lowest BCUT2D eigenvalue weighted by atomic mass is 9.94. The number of pyridine rings is 2. The van der Waals surface area contributed by atoms with E-state index in [-0.39, 0.29) is 22.1 Å². The van der Waals surface area contributed by atoms with Crippen LogP contribution in [0.5, 0.6) is 0 Å². The van der Waals surface area contributed by atoms with Crippen molar-refractivity contribution in [3.8, 4) is 6.07 Å². The molecule has 0 aliphatic heterocycles. The molecule has 0 aliphatic carbocycles. The second-order valence-corrected chi connectivity index (χ2v) is 6.97. The molecule has 1 atom stereocenters. The Morgan fingerprint density at radius 2 is 2.04 bits per heavy atom. The van der Waals surface area contributed by atoms with E-state index < -0.39 is 5.82 Å². The van der Waals surface area contributed by atoms with Crippen molar-refractivity contribution < 1.29 is 4.39 Å². The Kier molecular flexibility index (Phi) is 5.15. The molecule has 7 heteroatoms. The van der Waals surface area contributed by atoms with Gasteiger partial charge in [0.25, 0.3) is 11.1 Å². The Morgan fingerprint density at radius 3 is 2.74 bits per heavy atom. The van der Waals surface area contributed by atoms with Crippen molar-refractivity contribution >= 4 is 22.5 Å². The first-order chi connectivity index (χ1) is 12.8. The van der Waals surface area contributed by atoms with Crippen LogP contribution in [0.15, 0.2) is 39.9 Å². The predicted octanol–water partition coefficient (Wildman–Crippen LogP) is 3.63. The number of nitrogens with one attached hydrogen (secondary N) is 1. The van der Waals surface area contributed by atoms with Crippen molar-refractivity contribution in [3.05, 3.63) is 78.7 Å². The summed E-state index contributed by atoms with van der Waals surface area (Å²) in [4.78, 5) is 27.4. The minimum atomic E-state index is -0.586. The standard InChI is InChI=1S/C20H17ClFN3O2/c1-11(3-4-12-5-6-14(10-23)25(2)20(12)27)15-7-13-8-16(21)17(22)9-18(13)24-19(15)26/h5-9,11H,3-4H2,1-2H3,(H,24,26)/t11-/m1/s1. The molecule has 0 fully saturated rings. The zero-order chi connectivity index (χ0) is 19.7. The van der Waals surface area contributed by atoms with Gasteiger partial charge in [-0.25, -0.2) is 4.39 Å². The van der Waals surface area contributed by atoms with Gasteiger partial charge in [-0.05, 0) is 43.0 Å². The summed E-state index contributed by atoms with van der Waals surface area (Å²) in [6.07, 6.45) is 1.05. The Bertz CT molecular complexity index is 1190. The molecule has 3 aromatic rings. The van der Waals surface area contributed by atoms with Gasteiger partial charge in [0.05, 0.1) is 10.5 Å². The Balaban J connectivity index is 1.88.